The molecule has 1 aliphatic heterocycles. The van der Waals surface area contributed by atoms with Gasteiger partial charge in [0.1, 0.15) is 16.9 Å². The number of amides is 2. The summed E-state index contributed by atoms with van der Waals surface area (Å²) in [5.41, 5.74) is 1.85. The van der Waals surface area contributed by atoms with Crippen molar-refractivity contribution in [3.8, 4) is 0 Å². The van der Waals surface area contributed by atoms with E-state index in [4.69, 9.17) is 0 Å². The normalized spacial score (nSPS) is 20.0. The minimum atomic E-state index is -0.856. The predicted octanol–water partition coefficient (Wildman–Crippen LogP) is 5.21. The second kappa shape index (κ2) is 8.78. The minimum Gasteiger partial charge on any atom is -0.324 e. The molecular formula is C23H23F2N3O2S. The average molecular weight is 444 g/mol. The zero-order valence-corrected chi connectivity index (χ0v) is 18.1. The number of hydrogen-bond donors (Lipinski definition) is 1. The number of anilines is 1. The van der Waals surface area contributed by atoms with Crippen LogP contribution in [0.3, 0.4) is 0 Å². The van der Waals surface area contributed by atoms with Crippen molar-refractivity contribution in [3.05, 3.63) is 59.7 Å². The quantitative estimate of drug-likeness (QED) is 0.667. The maximum atomic E-state index is 13.8. The molecule has 2 fully saturated rings. The van der Waals surface area contributed by atoms with E-state index in [0.717, 1.165) is 30.7 Å². The number of carbonyl (C=O) groups is 2. The van der Waals surface area contributed by atoms with Crippen LogP contribution in [0, 0.1) is 11.6 Å². The molecule has 1 saturated heterocycles. The summed E-state index contributed by atoms with van der Waals surface area (Å²) in [5, 5.41) is 2.39. The Morgan fingerprint density at radius 2 is 1.90 bits per heavy atom. The summed E-state index contributed by atoms with van der Waals surface area (Å²) in [6, 6.07) is 11.0. The zero-order chi connectivity index (χ0) is 22.1. The van der Waals surface area contributed by atoms with Gasteiger partial charge in [0.2, 0.25) is 11.8 Å². The summed E-state index contributed by atoms with van der Waals surface area (Å²) >= 11 is 1.26. The number of nitrogens with zero attached hydrogens (tertiary/aromatic N) is 2. The van der Waals surface area contributed by atoms with E-state index in [0.29, 0.717) is 17.2 Å². The zero-order valence-electron chi connectivity index (χ0n) is 17.3. The molecule has 1 unspecified atom stereocenters. The van der Waals surface area contributed by atoms with Gasteiger partial charge in [-0.3, -0.25) is 14.5 Å². The van der Waals surface area contributed by atoms with Crippen molar-refractivity contribution < 1.29 is 18.4 Å². The van der Waals surface area contributed by atoms with Gasteiger partial charge in [-0.2, -0.15) is 0 Å². The van der Waals surface area contributed by atoms with Crippen LogP contribution >= 0.6 is 11.8 Å². The van der Waals surface area contributed by atoms with Gasteiger partial charge in [-0.25, -0.2) is 13.8 Å². The molecule has 162 valence electrons. The first-order chi connectivity index (χ1) is 14.8. The lowest BCUT2D eigenvalue weighted by molar-refractivity contribution is -0.128. The summed E-state index contributed by atoms with van der Waals surface area (Å²) in [4.78, 5) is 31.7. The highest BCUT2D eigenvalue weighted by Gasteiger charge is 2.46. The van der Waals surface area contributed by atoms with Crippen molar-refractivity contribution in [3.63, 3.8) is 0 Å². The van der Waals surface area contributed by atoms with E-state index in [-0.39, 0.29) is 24.1 Å². The third-order valence-corrected chi connectivity index (χ3v) is 6.39. The van der Waals surface area contributed by atoms with E-state index < -0.39 is 22.8 Å². The lowest BCUT2D eigenvalue weighted by Gasteiger charge is -2.15. The van der Waals surface area contributed by atoms with Gasteiger partial charge in [-0.05, 0) is 48.6 Å². The number of halogens is 2. The standard InChI is InChI=1S/C23H23F2N3O2S/c1-13(2)14-3-6-16(7-4-14)26-23-28(17-8-9-17)22(30)20(31-23)12-21(29)27-19-10-5-15(24)11-18(19)25/h3-7,10-11,13,17,20H,8-9,12H2,1-2H3,(H,27,29). The van der Waals surface area contributed by atoms with E-state index in [1.165, 1.54) is 17.3 Å². The van der Waals surface area contributed by atoms with E-state index in [2.05, 4.69) is 24.2 Å². The molecule has 5 nitrogen and oxygen atoms in total. The molecule has 1 atom stereocenters. The van der Waals surface area contributed by atoms with Crippen LogP contribution in [0.4, 0.5) is 20.2 Å². The Kier molecular flexibility index (Phi) is 6.09. The fourth-order valence-electron chi connectivity index (χ4n) is 3.37. The Bertz CT molecular complexity index is 1040. The van der Waals surface area contributed by atoms with Crippen LogP contribution in [0.15, 0.2) is 47.5 Å². The molecule has 2 aliphatic rings. The Morgan fingerprint density at radius 3 is 2.52 bits per heavy atom. The van der Waals surface area contributed by atoms with Gasteiger partial charge in [-0.15, -0.1) is 0 Å². The number of hydrogen-bond acceptors (Lipinski definition) is 4. The van der Waals surface area contributed by atoms with Gasteiger partial charge in [0.15, 0.2) is 5.17 Å². The molecule has 0 radical (unpaired) electrons. The number of benzene rings is 2. The molecule has 2 aromatic carbocycles. The van der Waals surface area contributed by atoms with Gasteiger partial charge in [-0.1, -0.05) is 37.7 Å². The second-order valence-corrected chi connectivity index (χ2v) is 9.23. The average Bonchev–Trinajstić information content (AvgIpc) is 3.50. The molecule has 8 heteroatoms. The summed E-state index contributed by atoms with van der Waals surface area (Å²) < 4.78 is 26.9. The van der Waals surface area contributed by atoms with Gasteiger partial charge in [0.05, 0.1) is 11.4 Å². The number of nitrogens with one attached hydrogen (secondary N) is 1. The number of rotatable bonds is 6. The lowest BCUT2D eigenvalue weighted by Crippen LogP contribution is -2.35. The first-order valence-corrected chi connectivity index (χ1v) is 11.1. The molecule has 4 rings (SSSR count). The number of thioether (sulfide) groups is 1. The fourth-order valence-corrected chi connectivity index (χ4v) is 4.58. The van der Waals surface area contributed by atoms with Crippen LogP contribution < -0.4 is 5.32 Å². The lowest BCUT2D eigenvalue weighted by atomic mass is 10.0. The van der Waals surface area contributed by atoms with Gasteiger partial charge >= 0.3 is 0 Å². The summed E-state index contributed by atoms with van der Waals surface area (Å²) in [5.74, 6) is -1.82. The summed E-state index contributed by atoms with van der Waals surface area (Å²) in [7, 11) is 0. The van der Waals surface area contributed by atoms with Crippen LogP contribution in [-0.2, 0) is 9.59 Å². The van der Waals surface area contributed by atoms with Crippen LogP contribution in [-0.4, -0.2) is 33.2 Å². The number of amidine groups is 1. The first-order valence-electron chi connectivity index (χ1n) is 10.2. The Labute approximate surface area is 183 Å². The Hall–Kier alpha value is -2.74. The van der Waals surface area contributed by atoms with Crippen molar-refractivity contribution in [1.82, 2.24) is 4.90 Å². The smallest absolute Gasteiger partial charge is 0.242 e. The molecule has 0 spiro atoms. The molecule has 1 heterocycles. The van der Waals surface area contributed by atoms with E-state index in [1.54, 1.807) is 4.90 Å². The third kappa shape index (κ3) is 4.95. The van der Waals surface area contributed by atoms with Crippen molar-refractivity contribution in [2.45, 2.75) is 50.3 Å². The third-order valence-electron chi connectivity index (χ3n) is 5.24. The minimum absolute atomic E-state index is 0.111. The van der Waals surface area contributed by atoms with Crippen molar-refractivity contribution >= 4 is 40.1 Å². The second-order valence-electron chi connectivity index (χ2n) is 8.06. The van der Waals surface area contributed by atoms with Crippen molar-refractivity contribution in [2.75, 3.05) is 5.32 Å². The topological polar surface area (TPSA) is 61.8 Å². The highest BCUT2D eigenvalue weighted by atomic mass is 32.2. The molecule has 0 bridgehead atoms. The maximum absolute atomic E-state index is 13.8. The molecular weight excluding hydrogens is 420 g/mol. The van der Waals surface area contributed by atoms with Crippen LogP contribution in [0.1, 0.15) is 44.6 Å². The molecule has 2 amide bonds. The summed E-state index contributed by atoms with van der Waals surface area (Å²) in [6.45, 7) is 4.24. The Balaban J connectivity index is 1.48. The SMILES string of the molecule is CC(C)c1ccc(N=C2SC(CC(=O)Nc3ccc(F)cc3F)C(=O)N2C2CC2)cc1. The van der Waals surface area contributed by atoms with Crippen LogP contribution in [0.2, 0.25) is 0 Å². The highest BCUT2D eigenvalue weighted by Crippen LogP contribution is 2.39. The Morgan fingerprint density at radius 1 is 1.19 bits per heavy atom. The van der Waals surface area contributed by atoms with E-state index in [1.807, 2.05) is 24.3 Å². The van der Waals surface area contributed by atoms with Gasteiger partial charge in [0.25, 0.3) is 0 Å². The van der Waals surface area contributed by atoms with E-state index >= 15 is 0 Å². The molecule has 2 aromatic rings. The van der Waals surface area contributed by atoms with Gasteiger partial charge in [0, 0.05) is 18.5 Å². The fraction of sp³-hybridized carbons (Fsp3) is 0.348. The van der Waals surface area contributed by atoms with E-state index in [9.17, 15) is 18.4 Å². The molecule has 31 heavy (non-hydrogen) atoms. The number of aliphatic imine (C=N–C) groups is 1. The summed E-state index contributed by atoms with van der Waals surface area (Å²) in [6.07, 6.45) is 1.71. The first kappa shape index (κ1) is 21.5. The van der Waals surface area contributed by atoms with Gasteiger partial charge < -0.3 is 5.32 Å². The van der Waals surface area contributed by atoms with Crippen LogP contribution in [0.25, 0.3) is 0 Å². The van der Waals surface area contributed by atoms with Crippen molar-refractivity contribution in [2.24, 2.45) is 4.99 Å². The predicted molar refractivity (Wildman–Crippen MR) is 118 cm³/mol. The molecule has 1 N–H and O–H groups in total. The molecule has 1 saturated carbocycles. The highest BCUT2D eigenvalue weighted by molar-refractivity contribution is 8.15. The number of carbonyl (C=O) groups excluding carboxylic acids is 2. The largest absolute Gasteiger partial charge is 0.324 e. The van der Waals surface area contributed by atoms with Crippen LogP contribution in [0.5, 0.6) is 0 Å². The monoisotopic (exact) mass is 443 g/mol. The maximum Gasteiger partial charge on any atom is 0.242 e. The van der Waals surface area contributed by atoms with Crippen molar-refractivity contribution in [1.29, 1.82) is 0 Å². The molecule has 1 aliphatic carbocycles. The molecule has 0 aromatic heterocycles.